The Kier molecular flexibility index (Phi) is 4.82. The van der Waals surface area contributed by atoms with Gasteiger partial charge in [-0.3, -0.25) is 4.79 Å². The van der Waals surface area contributed by atoms with Crippen molar-refractivity contribution in [2.24, 2.45) is 0 Å². The molecule has 1 saturated heterocycles. The van der Waals surface area contributed by atoms with Gasteiger partial charge in [0.2, 0.25) is 10.0 Å². The van der Waals surface area contributed by atoms with E-state index < -0.39 is 21.7 Å². The first-order valence-corrected chi connectivity index (χ1v) is 9.12. The molecule has 8 heteroatoms. The summed E-state index contributed by atoms with van der Waals surface area (Å²) in [5.41, 5.74) is 0.231. The zero-order valence-electron chi connectivity index (χ0n) is 13.2. The first-order valence-electron chi connectivity index (χ1n) is 7.68. The van der Waals surface area contributed by atoms with Crippen LogP contribution in [-0.4, -0.2) is 49.7 Å². The number of hydrogen-bond acceptors (Lipinski definition) is 3. The third-order valence-electron chi connectivity index (χ3n) is 4.05. The highest BCUT2D eigenvalue weighted by atomic mass is 32.2. The Bertz CT molecular complexity index is 877. The number of piperazine rings is 1. The second kappa shape index (κ2) is 6.89. The van der Waals surface area contributed by atoms with E-state index in [1.165, 1.54) is 39.5 Å². The van der Waals surface area contributed by atoms with Crippen molar-refractivity contribution in [1.29, 1.82) is 0 Å². The second-order valence-corrected chi connectivity index (χ2v) is 7.60. The molecule has 0 atom stereocenters. The zero-order valence-corrected chi connectivity index (χ0v) is 14.0. The second-order valence-electron chi connectivity index (χ2n) is 5.66. The van der Waals surface area contributed by atoms with E-state index in [4.69, 9.17) is 0 Å². The van der Waals surface area contributed by atoms with Crippen LogP contribution in [0.4, 0.5) is 8.78 Å². The number of nitrogens with zero attached hydrogens (tertiary/aromatic N) is 2. The van der Waals surface area contributed by atoms with Crippen LogP contribution in [0.3, 0.4) is 0 Å². The van der Waals surface area contributed by atoms with Crippen molar-refractivity contribution < 1.29 is 22.0 Å². The molecule has 0 saturated carbocycles. The predicted molar refractivity (Wildman–Crippen MR) is 87.5 cm³/mol. The topological polar surface area (TPSA) is 57.7 Å². The summed E-state index contributed by atoms with van der Waals surface area (Å²) in [7, 11) is -3.73. The fourth-order valence-corrected chi connectivity index (χ4v) is 4.11. The van der Waals surface area contributed by atoms with E-state index in [1.807, 2.05) is 0 Å². The average molecular weight is 366 g/mol. The van der Waals surface area contributed by atoms with E-state index >= 15 is 0 Å². The number of carbonyl (C=O) groups excluding carboxylic acids is 1. The molecule has 1 aliphatic heterocycles. The Hall–Kier alpha value is -2.32. The van der Waals surface area contributed by atoms with Gasteiger partial charge in [-0.15, -0.1) is 0 Å². The molecule has 5 nitrogen and oxygen atoms in total. The maximum atomic E-state index is 13.2. The van der Waals surface area contributed by atoms with Gasteiger partial charge in [0.25, 0.3) is 5.91 Å². The molecule has 1 aliphatic rings. The lowest BCUT2D eigenvalue weighted by atomic mass is 10.2. The number of hydrogen-bond donors (Lipinski definition) is 0. The quantitative estimate of drug-likeness (QED) is 0.836. The van der Waals surface area contributed by atoms with E-state index in [0.29, 0.717) is 0 Å². The Labute approximate surface area is 144 Å². The van der Waals surface area contributed by atoms with E-state index in [0.717, 1.165) is 18.2 Å². The summed E-state index contributed by atoms with van der Waals surface area (Å²) >= 11 is 0. The van der Waals surface area contributed by atoms with Crippen LogP contribution in [0.25, 0.3) is 0 Å². The van der Waals surface area contributed by atoms with Crippen LogP contribution in [0.2, 0.25) is 0 Å². The van der Waals surface area contributed by atoms with E-state index in [1.54, 1.807) is 0 Å². The zero-order chi connectivity index (χ0) is 18.0. The number of carbonyl (C=O) groups is 1. The molecule has 1 heterocycles. The number of amides is 1. The Morgan fingerprint density at radius 3 is 2.12 bits per heavy atom. The molecule has 0 radical (unpaired) electrons. The van der Waals surface area contributed by atoms with Gasteiger partial charge in [-0.1, -0.05) is 6.07 Å². The minimum absolute atomic E-state index is 0.0128. The fourth-order valence-electron chi connectivity index (χ4n) is 2.69. The molecule has 3 rings (SSSR count). The SMILES string of the molecule is O=C(c1cccc(F)c1)N1CCN(S(=O)(=O)c2ccc(F)cc2)CC1. The summed E-state index contributed by atoms with van der Waals surface area (Å²) in [5.74, 6) is -1.34. The first-order chi connectivity index (χ1) is 11.9. The molecule has 0 bridgehead atoms. The van der Waals surface area contributed by atoms with Crippen molar-refractivity contribution >= 4 is 15.9 Å². The van der Waals surface area contributed by atoms with Gasteiger partial charge in [0.15, 0.2) is 0 Å². The Morgan fingerprint density at radius 1 is 0.880 bits per heavy atom. The maximum Gasteiger partial charge on any atom is 0.254 e. The van der Waals surface area contributed by atoms with Crippen molar-refractivity contribution in [3.05, 3.63) is 65.7 Å². The normalized spacial score (nSPS) is 16.0. The fraction of sp³-hybridized carbons (Fsp3) is 0.235. The largest absolute Gasteiger partial charge is 0.336 e. The number of rotatable bonds is 3. The van der Waals surface area contributed by atoms with E-state index in [-0.39, 0.29) is 42.5 Å². The lowest BCUT2D eigenvalue weighted by Gasteiger charge is -2.34. The van der Waals surface area contributed by atoms with Gasteiger partial charge in [0.1, 0.15) is 11.6 Å². The summed E-state index contributed by atoms with van der Waals surface area (Å²) < 4.78 is 52.6. The van der Waals surface area contributed by atoms with Crippen LogP contribution in [-0.2, 0) is 10.0 Å². The van der Waals surface area contributed by atoms with E-state index in [9.17, 15) is 22.0 Å². The van der Waals surface area contributed by atoms with Gasteiger partial charge in [0.05, 0.1) is 4.90 Å². The van der Waals surface area contributed by atoms with Gasteiger partial charge in [-0.25, -0.2) is 17.2 Å². The standard InChI is InChI=1S/C17H16F2N2O3S/c18-14-4-6-16(7-5-14)25(23,24)21-10-8-20(9-11-21)17(22)13-2-1-3-15(19)12-13/h1-7,12H,8-11H2. The molecule has 132 valence electrons. The summed E-state index contributed by atoms with van der Waals surface area (Å²) in [6, 6.07) is 10.0. The third kappa shape index (κ3) is 3.69. The minimum Gasteiger partial charge on any atom is -0.336 e. The molecule has 25 heavy (non-hydrogen) atoms. The molecule has 1 fully saturated rings. The summed E-state index contributed by atoms with van der Waals surface area (Å²) in [6.07, 6.45) is 0. The Morgan fingerprint density at radius 2 is 1.52 bits per heavy atom. The van der Waals surface area contributed by atoms with Crippen molar-refractivity contribution in [2.45, 2.75) is 4.90 Å². The Balaban J connectivity index is 1.69. The molecule has 0 aliphatic carbocycles. The third-order valence-corrected chi connectivity index (χ3v) is 5.96. The molecule has 0 N–H and O–H groups in total. The molecule has 2 aromatic rings. The van der Waals surface area contributed by atoms with Crippen LogP contribution in [0.15, 0.2) is 53.4 Å². The lowest BCUT2D eigenvalue weighted by Crippen LogP contribution is -2.50. The van der Waals surface area contributed by atoms with Gasteiger partial charge in [-0.05, 0) is 42.5 Å². The lowest BCUT2D eigenvalue weighted by molar-refractivity contribution is 0.0697. The van der Waals surface area contributed by atoms with Crippen LogP contribution >= 0.6 is 0 Å². The molecule has 0 spiro atoms. The van der Waals surface area contributed by atoms with Gasteiger partial charge in [-0.2, -0.15) is 4.31 Å². The molecular formula is C17H16F2N2O3S. The first kappa shape index (κ1) is 17.5. The van der Waals surface area contributed by atoms with Crippen molar-refractivity contribution in [3.63, 3.8) is 0 Å². The van der Waals surface area contributed by atoms with Crippen molar-refractivity contribution in [2.75, 3.05) is 26.2 Å². The molecule has 1 amide bonds. The molecule has 0 unspecified atom stereocenters. The minimum atomic E-state index is -3.73. The smallest absolute Gasteiger partial charge is 0.254 e. The predicted octanol–water partition coefficient (Wildman–Crippen LogP) is 2.11. The maximum absolute atomic E-state index is 13.2. The number of benzene rings is 2. The van der Waals surface area contributed by atoms with Gasteiger partial charge >= 0.3 is 0 Å². The van der Waals surface area contributed by atoms with Crippen LogP contribution in [0.5, 0.6) is 0 Å². The number of halogens is 2. The van der Waals surface area contributed by atoms with Gasteiger partial charge in [0, 0.05) is 31.7 Å². The number of sulfonamides is 1. The summed E-state index contributed by atoms with van der Waals surface area (Å²) in [6.45, 7) is 0.660. The van der Waals surface area contributed by atoms with Crippen LogP contribution in [0.1, 0.15) is 10.4 Å². The summed E-state index contributed by atoms with van der Waals surface area (Å²) in [4.78, 5) is 13.9. The highest BCUT2D eigenvalue weighted by Crippen LogP contribution is 2.19. The van der Waals surface area contributed by atoms with E-state index in [2.05, 4.69) is 0 Å². The van der Waals surface area contributed by atoms with Crippen molar-refractivity contribution in [1.82, 2.24) is 9.21 Å². The molecular weight excluding hydrogens is 350 g/mol. The highest BCUT2D eigenvalue weighted by Gasteiger charge is 2.30. The molecule has 2 aromatic carbocycles. The van der Waals surface area contributed by atoms with Crippen LogP contribution in [0, 0.1) is 11.6 Å². The van der Waals surface area contributed by atoms with Crippen molar-refractivity contribution in [3.8, 4) is 0 Å². The van der Waals surface area contributed by atoms with Gasteiger partial charge < -0.3 is 4.90 Å². The average Bonchev–Trinajstić information content (AvgIpc) is 2.61. The van der Waals surface area contributed by atoms with Crippen LogP contribution < -0.4 is 0 Å². The highest BCUT2D eigenvalue weighted by molar-refractivity contribution is 7.89. The monoisotopic (exact) mass is 366 g/mol. The summed E-state index contributed by atoms with van der Waals surface area (Å²) in [5, 5.41) is 0. The molecule has 0 aromatic heterocycles.